The molecule has 1 heterocycles. The molecule has 0 N–H and O–H groups in total. The van der Waals surface area contributed by atoms with Gasteiger partial charge < -0.3 is 0 Å². The fourth-order valence-electron chi connectivity index (χ4n) is 5.17. The van der Waals surface area contributed by atoms with Crippen LogP contribution in [0.25, 0.3) is 21.5 Å². The van der Waals surface area contributed by atoms with Crippen LogP contribution in [-0.2, 0) is 11.5 Å². The molecule has 36 heavy (non-hydrogen) atoms. The predicted molar refractivity (Wildman–Crippen MR) is 143 cm³/mol. The summed E-state index contributed by atoms with van der Waals surface area (Å²) in [6, 6.07) is 21.1. The van der Waals surface area contributed by atoms with Gasteiger partial charge in [-0.3, -0.25) is 0 Å². The van der Waals surface area contributed by atoms with Crippen molar-refractivity contribution in [2.75, 3.05) is 0 Å². The van der Waals surface area contributed by atoms with Crippen LogP contribution in [-0.4, -0.2) is 15.2 Å². The maximum atomic E-state index is 14.2. The third-order valence-electron chi connectivity index (χ3n) is 6.81. The van der Waals surface area contributed by atoms with Crippen LogP contribution < -0.4 is 15.1 Å². The number of para-hydroxylation sites is 1. The van der Waals surface area contributed by atoms with E-state index < -0.39 is 27.0 Å². The van der Waals surface area contributed by atoms with Crippen LogP contribution >= 0.6 is 15.9 Å². The molecule has 2 nitrogen and oxygen atoms in total. The second kappa shape index (κ2) is 8.69. The van der Waals surface area contributed by atoms with Gasteiger partial charge >= 0.3 is 6.18 Å². The number of benzene rings is 4. The topological polar surface area (TPSA) is 24.7 Å². The Kier molecular flexibility index (Phi) is 5.72. The zero-order valence-electron chi connectivity index (χ0n) is 19.6. The number of fused-ring (bicyclic) bond motifs is 1. The summed E-state index contributed by atoms with van der Waals surface area (Å²) in [4.78, 5) is 9.94. The van der Waals surface area contributed by atoms with E-state index in [0.717, 1.165) is 44.4 Å². The zero-order chi connectivity index (χ0) is 25.2. The van der Waals surface area contributed by atoms with Crippen molar-refractivity contribution in [3.05, 3.63) is 98.6 Å². The van der Waals surface area contributed by atoms with E-state index in [1.54, 1.807) is 6.07 Å². The second-order valence-electron chi connectivity index (χ2n) is 9.43. The first-order chi connectivity index (χ1) is 17.2. The minimum Gasteiger partial charge on any atom is -0.247 e. The number of halogens is 4. The molecule has 0 aromatic heterocycles. The SMILES string of the molecule is CC(C)c1ccccc1N=c1c2c3c(ccc4cccc1c43)[CH2][Al][c]1cc(Br)cc(C(F)(F)F)c1N=2. The van der Waals surface area contributed by atoms with Crippen molar-refractivity contribution in [3.8, 4) is 0 Å². The summed E-state index contributed by atoms with van der Waals surface area (Å²) in [7, 11) is 0. The Balaban J connectivity index is 1.84. The fourth-order valence-corrected chi connectivity index (χ4v) is 7.39. The number of rotatable bonds is 2. The molecular weight excluding hydrogens is 540 g/mol. The van der Waals surface area contributed by atoms with Crippen LogP contribution in [0.1, 0.15) is 36.5 Å². The van der Waals surface area contributed by atoms with Gasteiger partial charge in [0, 0.05) is 20.6 Å². The van der Waals surface area contributed by atoms with Crippen molar-refractivity contribution >= 4 is 68.5 Å². The van der Waals surface area contributed by atoms with Crippen molar-refractivity contribution in [2.45, 2.75) is 31.2 Å². The normalized spacial score (nSPS) is 14.0. The Morgan fingerprint density at radius 1 is 0.972 bits per heavy atom. The first kappa shape index (κ1) is 23.7. The molecule has 1 aliphatic heterocycles. The van der Waals surface area contributed by atoms with Crippen LogP contribution in [0.15, 0.2) is 81.2 Å². The Bertz CT molecular complexity index is 1780. The molecule has 0 spiro atoms. The van der Waals surface area contributed by atoms with Gasteiger partial charge in [-0.15, -0.1) is 0 Å². The van der Waals surface area contributed by atoms with Crippen LogP contribution in [0.3, 0.4) is 0 Å². The van der Waals surface area contributed by atoms with Gasteiger partial charge in [-0.05, 0) is 29.0 Å². The molecule has 0 saturated heterocycles. The molecule has 0 atom stereocenters. The van der Waals surface area contributed by atoms with Gasteiger partial charge in [-0.1, -0.05) is 99.6 Å². The van der Waals surface area contributed by atoms with Crippen LogP contribution in [0.2, 0.25) is 0 Å². The second-order valence-corrected chi connectivity index (χ2v) is 11.8. The molecular formula is C29H20AlBrF3N2. The highest BCUT2D eigenvalue weighted by Crippen LogP contribution is 2.38. The van der Waals surface area contributed by atoms with Crippen molar-refractivity contribution in [1.29, 1.82) is 0 Å². The van der Waals surface area contributed by atoms with Gasteiger partial charge in [0.1, 0.15) is 0 Å². The van der Waals surface area contributed by atoms with Crippen molar-refractivity contribution in [3.63, 3.8) is 0 Å². The zero-order valence-corrected chi connectivity index (χ0v) is 22.4. The van der Waals surface area contributed by atoms with Gasteiger partial charge in [0.05, 0.1) is 27.7 Å². The number of hydrogen-bond acceptors (Lipinski definition) is 2. The Hall–Kier alpha value is -2.72. The monoisotopic (exact) mass is 559 g/mol. The molecule has 6 rings (SSSR count). The summed E-state index contributed by atoms with van der Waals surface area (Å²) in [6.07, 6.45) is -4.52. The summed E-state index contributed by atoms with van der Waals surface area (Å²) >= 11 is 2.85. The number of nitrogens with zero attached hydrogens (tertiary/aromatic N) is 2. The van der Waals surface area contributed by atoms with Gasteiger partial charge in [-0.2, -0.15) is 13.2 Å². The molecule has 0 fully saturated rings. The molecule has 5 aromatic rings. The Labute approximate surface area is 220 Å². The standard InChI is InChI=1S/C29H20BrF3N2.Al/c1-16(2)20-8-4-5-10-23(20)34-27-21-9-6-7-18-12-11-17(3)25(26(18)21)28(27)35-24-14-13-19(30)15-22(24)29(31,32)33;/h4-13,15-16H,3H2,1-2H3;. The molecule has 0 unspecified atom stereocenters. The average molecular weight is 560 g/mol. The fraction of sp³-hybridized carbons (Fsp3) is 0.172. The average Bonchev–Trinajstić information content (AvgIpc) is 3.12. The van der Waals surface area contributed by atoms with E-state index in [9.17, 15) is 13.2 Å². The maximum Gasteiger partial charge on any atom is 0.418 e. The highest BCUT2D eigenvalue weighted by atomic mass is 79.9. The predicted octanol–water partition coefficient (Wildman–Crippen LogP) is 7.08. The van der Waals surface area contributed by atoms with Crippen molar-refractivity contribution in [1.82, 2.24) is 0 Å². The minimum absolute atomic E-state index is 0.0241. The lowest BCUT2D eigenvalue weighted by Crippen LogP contribution is -2.28. The Morgan fingerprint density at radius 2 is 1.78 bits per heavy atom. The quantitative estimate of drug-likeness (QED) is 0.206. The van der Waals surface area contributed by atoms with Crippen LogP contribution in [0.5, 0.6) is 0 Å². The molecule has 1 aliphatic rings. The lowest BCUT2D eigenvalue weighted by molar-refractivity contribution is -0.137. The lowest BCUT2D eigenvalue weighted by Gasteiger charge is -2.17. The van der Waals surface area contributed by atoms with Crippen molar-refractivity contribution < 1.29 is 13.2 Å². The van der Waals surface area contributed by atoms with Gasteiger partial charge in [0.15, 0.2) is 0 Å². The first-order valence-electron chi connectivity index (χ1n) is 11.8. The summed E-state index contributed by atoms with van der Waals surface area (Å²) in [5.74, 6) is 0.249. The molecule has 0 saturated carbocycles. The molecule has 0 aliphatic carbocycles. The molecule has 7 heteroatoms. The third kappa shape index (κ3) is 3.85. The maximum absolute atomic E-state index is 14.2. The highest BCUT2D eigenvalue weighted by Gasteiger charge is 2.35. The van der Waals surface area contributed by atoms with E-state index >= 15 is 0 Å². The van der Waals surface area contributed by atoms with E-state index in [0.29, 0.717) is 24.9 Å². The van der Waals surface area contributed by atoms with Crippen LogP contribution in [0, 0.1) is 0 Å². The van der Waals surface area contributed by atoms with E-state index in [1.165, 1.54) is 0 Å². The summed E-state index contributed by atoms with van der Waals surface area (Å²) in [5, 5.41) is 5.80. The minimum atomic E-state index is -4.52. The van der Waals surface area contributed by atoms with Crippen molar-refractivity contribution in [2.24, 2.45) is 9.98 Å². The molecule has 0 amide bonds. The largest absolute Gasteiger partial charge is 0.418 e. The molecule has 5 aromatic carbocycles. The summed E-state index contributed by atoms with van der Waals surface area (Å²) in [5.41, 5.74) is 2.34. The summed E-state index contributed by atoms with van der Waals surface area (Å²) in [6.45, 7) is 4.22. The number of alkyl halides is 3. The van der Waals surface area contributed by atoms with E-state index in [4.69, 9.17) is 9.98 Å². The van der Waals surface area contributed by atoms with E-state index in [-0.39, 0.29) is 11.6 Å². The highest BCUT2D eigenvalue weighted by molar-refractivity contribution is 9.10. The molecule has 1 radical (unpaired) electrons. The van der Waals surface area contributed by atoms with Gasteiger partial charge in [0.2, 0.25) is 0 Å². The van der Waals surface area contributed by atoms with E-state index in [1.807, 2.05) is 36.4 Å². The lowest BCUT2D eigenvalue weighted by atomic mass is 10.0. The summed E-state index contributed by atoms with van der Waals surface area (Å²) < 4.78 is 43.7. The Morgan fingerprint density at radius 3 is 2.56 bits per heavy atom. The number of hydrogen-bond donors (Lipinski definition) is 0. The molecule has 0 bridgehead atoms. The van der Waals surface area contributed by atoms with Gasteiger partial charge in [0.25, 0.3) is 15.2 Å². The van der Waals surface area contributed by atoms with Gasteiger partial charge in [-0.25, -0.2) is 9.98 Å². The smallest absolute Gasteiger partial charge is 0.247 e. The third-order valence-corrected chi connectivity index (χ3v) is 8.80. The first-order valence-corrected chi connectivity index (χ1v) is 14.0. The van der Waals surface area contributed by atoms with E-state index in [2.05, 4.69) is 48.0 Å². The molecule has 177 valence electrons. The van der Waals surface area contributed by atoms with Crippen LogP contribution in [0.4, 0.5) is 24.5 Å².